The largest absolute Gasteiger partial charge is 0.437 e. The molecule has 3 heterocycles. The second-order valence-electron chi connectivity index (χ2n) is 8.65. The third-order valence-electron chi connectivity index (χ3n) is 6.28. The third-order valence-corrected chi connectivity index (χ3v) is 6.28. The highest BCUT2D eigenvalue weighted by Gasteiger charge is 2.44. The van der Waals surface area contributed by atoms with Gasteiger partial charge >= 0.3 is 5.76 Å². The van der Waals surface area contributed by atoms with Crippen molar-refractivity contribution in [2.75, 3.05) is 0 Å². The number of benzene rings is 1. The van der Waals surface area contributed by atoms with Crippen molar-refractivity contribution in [2.24, 2.45) is 0 Å². The Labute approximate surface area is 186 Å². The Balaban J connectivity index is 1.39. The predicted octanol–water partition coefficient (Wildman–Crippen LogP) is 2.60. The van der Waals surface area contributed by atoms with Crippen LogP contribution in [-0.4, -0.2) is 24.3 Å². The van der Waals surface area contributed by atoms with Gasteiger partial charge < -0.3 is 4.42 Å². The van der Waals surface area contributed by atoms with Crippen molar-refractivity contribution in [1.82, 2.24) is 24.3 Å². The van der Waals surface area contributed by atoms with Crippen LogP contribution in [0.15, 0.2) is 50.7 Å². The van der Waals surface area contributed by atoms with E-state index in [0.717, 1.165) is 5.56 Å². The first-order valence-electron chi connectivity index (χ1n) is 10.4. The Morgan fingerprint density at radius 1 is 1.27 bits per heavy atom. The third kappa shape index (κ3) is 3.51. The van der Waals surface area contributed by atoms with E-state index in [1.54, 1.807) is 19.1 Å². The predicted molar refractivity (Wildman–Crippen MR) is 115 cm³/mol. The molecule has 0 radical (unpaired) electrons. The summed E-state index contributed by atoms with van der Waals surface area (Å²) in [4.78, 5) is 33.6. The molecular weight excluding hydrogens is 427 g/mol. The van der Waals surface area contributed by atoms with Crippen molar-refractivity contribution in [2.45, 2.75) is 44.7 Å². The molecule has 10 heteroatoms. The first-order chi connectivity index (χ1) is 15.8. The first-order valence-corrected chi connectivity index (χ1v) is 10.4. The molecule has 5 rings (SSSR count). The van der Waals surface area contributed by atoms with Gasteiger partial charge in [-0.15, -0.1) is 5.10 Å². The van der Waals surface area contributed by atoms with Crippen molar-refractivity contribution >= 4 is 11.0 Å². The number of nitriles is 1. The zero-order valence-corrected chi connectivity index (χ0v) is 17.9. The zero-order chi connectivity index (χ0) is 23.3. The van der Waals surface area contributed by atoms with Crippen LogP contribution in [0.25, 0.3) is 11.0 Å². The van der Waals surface area contributed by atoms with Crippen LogP contribution in [0.4, 0.5) is 4.39 Å². The molecule has 1 aromatic carbocycles. The number of aromatic nitrogens is 5. The van der Waals surface area contributed by atoms with Crippen molar-refractivity contribution < 1.29 is 8.81 Å². The Morgan fingerprint density at radius 3 is 2.70 bits per heavy atom. The minimum Gasteiger partial charge on any atom is -0.390 e. The molecule has 1 aliphatic carbocycles. The summed E-state index contributed by atoms with van der Waals surface area (Å²) in [6.07, 6.45) is 2.62. The Bertz CT molecular complexity index is 1540. The van der Waals surface area contributed by atoms with Gasteiger partial charge in [-0.3, -0.25) is 9.36 Å². The topological polar surface area (TPSA) is 120 Å². The molecule has 9 nitrogen and oxygen atoms in total. The van der Waals surface area contributed by atoms with Gasteiger partial charge in [-0.25, -0.2) is 19.2 Å². The van der Waals surface area contributed by atoms with E-state index in [4.69, 9.17) is 9.68 Å². The summed E-state index contributed by atoms with van der Waals surface area (Å²) < 4.78 is 21.1. The normalized spacial score (nSPS) is 19.9. The van der Waals surface area contributed by atoms with Crippen LogP contribution in [0, 0.1) is 24.1 Å². The number of pyridine rings is 1. The van der Waals surface area contributed by atoms with Crippen molar-refractivity contribution in [1.29, 1.82) is 5.26 Å². The molecule has 1 saturated carbocycles. The fraction of sp³-hybridized carbons (Fsp3) is 0.304. The number of hydrogen-bond acceptors (Lipinski definition) is 7. The monoisotopic (exact) mass is 446 g/mol. The van der Waals surface area contributed by atoms with Gasteiger partial charge in [-0.2, -0.15) is 9.94 Å². The van der Waals surface area contributed by atoms with Gasteiger partial charge in [0.1, 0.15) is 30.5 Å². The standard InChI is InChI=1S/C23H19FN6O3/c1-13-7-16(10-25)27-20-19(13)21(31)29(12-26-20)11-18-28-30(22(32)33-18)17-8-23(2,9-17)14-3-5-15(24)6-4-14/h3-7,12,17H,8-9,11H2,1-2H3. The van der Waals surface area contributed by atoms with E-state index in [9.17, 15) is 14.0 Å². The van der Waals surface area contributed by atoms with Gasteiger partial charge in [0.2, 0.25) is 5.89 Å². The molecular formula is C23H19FN6O3. The fourth-order valence-electron chi connectivity index (χ4n) is 4.51. The van der Waals surface area contributed by atoms with Gasteiger partial charge in [0.15, 0.2) is 5.65 Å². The van der Waals surface area contributed by atoms with Crippen LogP contribution in [0.1, 0.15) is 48.5 Å². The molecule has 0 amide bonds. The average molecular weight is 446 g/mol. The van der Waals surface area contributed by atoms with E-state index >= 15 is 0 Å². The van der Waals surface area contributed by atoms with Crippen LogP contribution in [0.3, 0.4) is 0 Å². The van der Waals surface area contributed by atoms with Gasteiger partial charge in [0.25, 0.3) is 5.56 Å². The summed E-state index contributed by atoms with van der Waals surface area (Å²) >= 11 is 0. The number of nitrogens with zero attached hydrogens (tertiary/aromatic N) is 6. The summed E-state index contributed by atoms with van der Waals surface area (Å²) in [5, 5.41) is 13.7. The lowest BCUT2D eigenvalue weighted by atomic mass is 9.63. The zero-order valence-electron chi connectivity index (χ0n) is 17.9. The molecule has 1 fully saturated rings. The lowest BCUT2D eigenvalue weighted by Gasteiger charge is -2.45. The quantitative estimate of drug-likeness (QED) is 0.473. The number of rotatable bonds is 4. The van der Waals surface area contributed by atoms with Gasteiger partial charge in [-0.1, -0.05) is 19.1 Å². The number of fused-ring (bicyclic) bond motifs is 1. The first kappa shape index (κ1) is 20.8. The number of halogens is 1. The van der Waals surface area contributed by atoms with Crippen LogP contribution in [0.2, 0.25) is 0 Å². The van der Waals surface area contributed by atoms with Gasteiger partial charge in [0.05, 0.1) is 11.4 Å². The molecule has 0 atom stereocenters. The summed E-state index contributed by atoms with van der Waals surface area (Å²) in [6.45, 7) is 3.71. The van der Waals surface area contributed by atoms with E-state index in [-0.39, 0.29) is 46.6 Å². The molecule has 0 aliphatic heterocycles. The van der Waals surface area contributed by atoms with Gasteiger partial charge in [-0.05, 0) is 54.5 Å². The van der Waals surface area contributed by atoms with Crippen molar-refractivity contribution in [3.8, 4) is 6.07 Å². The highest BCUT2D eigenvalue weighted by atomic mass is 19.1. The molecule has 0 bridgehead atoms. The van der Waals surface area contributed by atoms with E-state index < -0.39 is 5.76 Å². The van der Waals surface area contributed by atoms with Crippen molar-refractivity contribution in [3.63, 3.8) is 0 Å². The maximum Gasteiger partial charge on any atom is 0.437 e. The minimum atomic E-state index is -0.588. The van der Waals surface area contributed by atoms with Gasteiger partial charge in [0, 0.05) is 0 Å². The van der Waals surface area contributed by atoms with E-state index in [1.807, 2.05) is 6.07 Å². The number of aryl methyl sites for hydroxylation is 1. The average Bonchev–Trinajstić information content (AvgIpc) is 3.13. The minimum absolute atomic E-state index is 0.0641. The molecule has 33 heavy (non-hydrogen) atoms. The van der Waals surface area contributed by atoms with Crippen molar-refractivity contribution in [3.05, 3.63) is 86.1 Å². The Morgan fingerprint density at radius 2 is 2.00 bits per heavy atom. The maximum absolute atomic E-state index is 13.2. The summed E-state index contributed by atoms with van der Waals surface area (Å²) in [5.41, 5.74) is 1.43. The molecule has 4 aromatic rings. The second kappa shape index (κ2) is 7.48. The summed E-state index contributed by atoms with van der Waals surface area (Å²) in [7, 11) is 0. The molecule has 0 unspecified atom stereocenters. The number of hydrogen-bond donors (Lipinski definition) is 0. The molecule has 166 valence electrons. The summed E-state index contributed by atoms with van der Waals surface area (Å²) in [6, 6.07) is 9.71. The van der Waals surface area contributed by atoms with Crippen LogP contribution in [0.5, 0.6) is 0 Å². The van der Waals surface area contributed by atoms with E-state index in [0.29, 0.717) is 23.8 Å². The SMILES string of the molecule is Cc1cc(C#N)nc2ncn(Cc3nn(C4CC(C)(c5ccc(F)cc5)C4)c(=O)o3)c(=O)c12. The molecule has 0 saturated heterocycles. The van der Waals surface area contributed by atoms with Crippen LogP contribution in [-0.2, 0) is 12.0 Å². The maximum atomic E-state index is 13.2. The lowest BCUT2D eigenvalue weighted by Crippen LogP contribution is -2.42. The smallest absolute Gasteiger partial charge is 0.390 e. The Kier molecular flexibility index (Phi) is 4.70. The Hall–Kier alpha value is -4.13. The fourth-order valence-corrected chi connectivity index (χ4v) is 4.51. The van der Waals surface area contributed by atoms with E-state index in [1.165, 1.54) is 33.8 Å². The summed E-state index contributed by atoms with van der Waals surface area (Å²) in [5.74, 6) is -0.780. The molecule has 1 aliphatic rings. The second-order valence-corrected chi connectivity index (χ2v) is 8.65. The molecule has 0 N–H and O–H groups in total. The highest BCUT2D eigenvalue weighted by Crippen LogP contribution is 2.49. The van der Waals surface area contributed by atoms with Crippen LogP contribution < -0.4 is 11.3 Å². The lowest BCUT2D eigenvalue weighted by molar-refractivity contribution is 0.147. The molecule has 3 aromatic heterocycles. The van der Waals surface area contributed by atoms with Crippen LogP contribution >= 0.6 is 0 Å². The highest BCUT2D eigenvalue weighted by molar-refractivity contribution is 5.77. The van der Waals surface area contributed by atoms with E-state index in [2.05, 4.69) is 22.0 Å². The molecule has 0 spiro atoms.